The highest BCUT2D eigenvalue weighted by Gasteiger charge is 2.75. The van der Waals surface area contributed by atoms with Crippen molar-refractivity contribution in [2.75, 3.05) is 26.3 Å². The second-order valence-corrected chi connectivity index (χ2v) is 17.0. The smallest absolute Gasteiger partial charge is 0.390 e. The minimum atomic E-state index is -4.50. The monoisotopic (exact) mass is 692 g/mol. The molecule has 0 spiro atoms. The molecular weight excluding hydrogens is 642 g/mol. The summed E-state index contributed by atoms with van der Waals surface area (Å²) in [5, 5.41) is 28.5. The molecule has 266 valence electrons. The van der Waals surface area contributed by atoms with Crippen molar-refractivity contribution in [1.82, 2.24) is 10.4 Å². The van der Waals surface area contributed by atoms with Gasteiger partial charge in [0, 0.05) is 35.8 Å². The zero-order valence-electron chi connectivity index (χ0n) is 28.1. The topological polar surface area (TPSA) is 171 Å². The van der Waals surface area contributed by atoms with Gasteiger partial charge in [0.1, 0.15) is 18.8 Å². The molecule has 0 aromatic rings. The molecule has 0 heterocycles. The van der Waals surface area contributed by atoms with Crippen molar-refractivity contribution in [3.63, 3.8) is 0 Å². The predicted octanol–water partition coefficient (Wildman–Crippen LogP) is 3.63. The van der Waals surface area contributed by atoms with E-state index in [1.807, 2.05) is 0 Å². The van der Waals surface area contributed by atoms with Gasteiger partial charge in [-0.15, -0.1) is 0 Å². The molecule has 0 radical (unpaired) electrons. The fourth-order valence-corrected chi connectivity index (χ4v) is 10.8. The maximum Gasteiger partial charge on any atom is 0.403 e. The number of ketones is 2. The normalized spacial score (nSPS) is 42.9. The van der Waals surface area contributed by atoms with Crippen molar-refractivity contribution in [2.45, 2.75) is 102 Å². The van der Waals surface area contributed by atoms with Crippen LogP contribution in [0.2, 0.25) is 0 Å². The molecule has 0 bridgehead atoms. The maximum absolute atomic E-state index is 17.4. The zero-order valence-corrected chi connectivity index (χ0v) is 29.0. The van der Waals surface area contributed by atoms with Crippen LogP contribution in [-0.4, -0.2) is 82.4 Å². The summed E-state index contributed by atoms with van der Waals surface area (Å²) in [6, 6.07) is 0. The van der Waals surface area contributed by atoms with Crippen LogP contribution in [0, 0.1) is 34.5 Å². The van der Waals surface area contributed by atoms with Gasteiger partial charge in [0.2, 0.25) is 5.91 Å². The summed E-state index contributed by atoms with van der Waals surface area (Å²) >= 11 is 0. The van der Waals surface area contributed by atoms with Crippen LogP contribution < -0.4 is 10.4 Å². The molecule has 4 saturated carbocycles. The number of ether oxygens (including phenoxy) is 1. The largest absolute Gasteiger partial charge is 0.403 e. The minimum Gasteiger partial charge on any atom is -0.390 e. The molecule has 0 aliphatic heterocycles. The number of aliphatic hydroxyl groups is 2. The van der Waals surface area contributed by atoms with Gasteiger partial charge < -0.3 is 25.2 Å². The molecule has 48 heavy (non-hydrogen) atoms. The van der Waals surface area contributed by atoms with Crippen molar-refractivity contribution in [3.8, 4) is 0 Å². The molecule has 0 saturated heterocycles. The van der Waals surface area contributed by atoms with E-state index in [0.29, 0.717) is 30.8 Å². The number of Topliss-reactive ketones (excluding diaryl/α,β-unsaturated/α-hetero) is 1. The van der Waals surface area contributed by atoms with Crippen LogP contribution in [0.3, 0.4) is 0 Å². The molecule has 6 rings (SSSR count). The van der Waals surface area contributed by atoms with Gasteiger partial charge in [-0.25, -0.2) is 14.0 Å². The molecule has 6 aliphatic rings. The predicted molar refractivity (Wildman–Crippen MR) is 174 cm³/mol. The quantitative estimate of drug-likeness (QED) is 0.122. The van der Waals surface area contributed by atoms with Gasteiger partial charge in [0.25, 0.3) is 0 Å². The number of carbonyl (C=O) groups excluding carboxylic acids is 3. The highest BCUT2D eigenvalue weighted by atomic mass is 31.2. The van der Waals surface area contributed by atoms with Gasteiger partial charge in [0.15, 0.2) is 17.2 Å². The van der Waals surface area contributed by atoms with E-state index in [1.54, 1.807) is 26.8 Å². The van der Waals surface area contributed by atoms with E-state index in [4.69, 9.17) is 9.26 Å². The molecule has 4 fully saturated rings. The van der Waals surface area contributed by atoms with Crippen molar-refractivity contribution < 1.29 is 47.7 Å². The summed E-state index contributed by atoms with van der Waals surface area (Å²) in [5.74, 6) is -2.67. The van der Waals surface area contributed by atoms with Gasteiger partial charge in [-0.3, -0.25) is 18.9 Å². The second-order valence-electron chi connectivity index (χ2n) is 15.4. The average molecular weight is 693 g/mol. The summed E-state index contributed by atoms with van der Waals surface area (Å²) in [6.07, 6.45) is 11.4. The highest BCUT2D eigenvalue weighted by Crippen LogP contribution is 2.70. The standard InChI is InChI=1S/C35H50FN2O9P/c1-21-15-27-26-10-9-23-17-24(39)11-12-32(23,2)34(26,36)29(40)18-33(27,3)35(21,43)30(41)19-47-48(44,45)38-14-13-37-31(42)20-46-28-8-6-4-5-7-22-16-25(22)28/h11-12,16-17,21-22,26-29,40,43H,4-10,13-15,18-20H2,1-3H3,(H,37,42)(H2,38,44,45)/t21-,22?,26+,27+,28?,29+,32+,33+,34+,35+/m1/s1. The lowest BCUT2D eigenvalue weighted by atomic mass is 9.44. The number of fused-ring (bicyclic) bond motifs is 6. The van der Waals surface area contributed by atoms with Gasteiger partial charge in [-0.05, 0) is 75.0 Å². The maximum atomic E-state index is 17.4. The molecule has 11 atom stereocenters. The number of aliphatic hydroxyl groups excluding tert-OH is 1. The van der Waals surface area contributed by atoms with Crippen LogP contribution in [0.4, 0.5) is 4.39 Å². The van der Waals surface area contributed by atoms with E-state index in [-0.39, 0.29) is 43.9 Å². The molecule has 13 heteroatoms. The van der Waals surface area contributed by atoms with Gasteiger partial charge >= 0.3 is 7.75 Å². The van der Waals surface area contributed by atoms with E-state index in [2.05, 4.69) is 16.5 Å². The number of halogens is 1. The van der Waals surface area contributed by atoms with Gasteiger partial charge in [0.05, 0.1) is 12.2 Å². The summed E-state index contributed by atoms with van der Waals surface area (Å²) < 4.78 is 41.1. The van der Waals surface area contributed by atoms with Crippen molar-refractivity contribution in [2.24, 2.45) is 34.5 Å². The molecule has 6 aliphatic carbocycles. The van der Waals surface area contributed by atoms with Crippen LogP contribution in [0.5, 0.6) is 0 Å². The number of hydrogen-bond acceptors (Lipinski definition) is 8. The fraction of sp³-hybridized carbons (Fsp3) is 0.743. The van der Waals surface area contributed by atoms with Crippen molar-refractivity contribution >= 4 is 25.2 Å². The molecule has 5 N–H and O–H groups in total. The number of allylic oxidation sites excluding steroid dienone is 5. The first-order chi connectivity index (χ1) is 22.6. The van der Waals surface area contributed by atoms with Crippen LogP contribution >= 0.6 is 7.75 Å². The zero-order chi connectivity index (χ0) is 34.7. The van der Waals surface area contributed by atoms with E-state index in [9.17, 15) is 34.1 Å². The Hall–Kier alpha value is -2.05. The second kappa shape index (κ2) is 12.9. The first-order valence-electron chi connectivity index (χ1n) is 17.5. The third kappa shape index (κ3) is 5.93. The fourth-order valence-electron chi connectivity index (χ4n) is 10.1. The molecular formula is C35H50FN2O9P. The average Bonchev–Trinajstić information content (AvgIpc) is 3.75. The van der Waals surface area contributed by atoms with E-state index < -0.39 is 66.1 Å². The number of nitrogens with one attached hydrogen (secondary N) is 2. The summed E-state index contributed by atoms with van der Waals surface area (Å²) in [4.78, 5) is 48.5. The molecule has 3 unspecified atom stereocenters. The van der Waals surface area contributed by atoms with Crippen LogP contribution in [-0.2, 0) is 28.2 Å². The van der Waals surface area contributed by atoms with E-state index in [1.165, 1.54) is 24.1 Å². The third-order valence-corrected chi connectivity index (χ3v) is 13.9. The first-order valence-corrected chi connectivity index (χ1v) is 19.0. The Morgan fingerprint density at radius 1 is 1.10 bits per heavy atom. The van der Waals surface area contributed by atoms with Gasteiger partial charge in [-0.2, -0.15) is 0 Å². The highest BCUT2D eigenvalue weighted by molar-refractivity contribution is 7.50. The lowest BCUT2D eigenvalue weighted by molar-refractivity contribution is -0.219. The molecule has 1 amide bonds. The molecule has 0 aromatic carbocycles. The molecule has 0 aromatic heterocycles. The number of amides is 1. The van der Waals surface area contributed by atoms with Crippen molar-refractivity contribution in [3.05, 3.63) is 35.5 Å². The summed E-state index contributed by atoms with van der Waals surface area (Å²) in [6.45, 7) is 4.00. The number of alkyl halides is 1. The Morgan fingerprint density at radius 3 is 2.62 bits per heavy atom. The lowest BCUT2D eigenvalue weighted by Gasteiger charge is -2.62. The minimum absolute atomic E-state index is 0.0180. The SMILES string of the molecule is C[C@@H]1C[C@H]2[C@@H]3CCC4=CC(=O)C=C[C@]4(C)[C@@]3(F)[C@@H](O)C[C@]2(C)[C@@]1(O)C(=O)COP(=O)(O)NCCNC(=O)COC1CCCCCC2C=C21. The summed E-state index contributed by atoms with van der Waals surface area (Å²) in [5.41, 5.74) is -4.66. The number of rotatable bonds is 11. The van der Waals surface area contributed by atoms with Crippen LogP contribution in [0.25, 0.3) is 0 Å². The number of carbonyl (C=O) groups is 3. The van der Waals surface area contributed by atoms with Crippen molar-refractivity contribution in [1.29, 1.82) is 0 Å². The Kier molecular flexibility index (Phi) is 9.63. The Balaban J connectivity index is 1.02. The van der Waals surface area contributed by atoms with Crippen LogP contribution in [0.1, 0.15) is 78.6 Å². The van der Waals surface area contributed by atoms with Crippen LogP contribution in [0.15, 0.2) is 35.5 Å². The number of hydrogen-bond donors (Lipinski definition) is 5. The van der Waals surface area contributed by atoms with E-state index >= 15 is 4.39 Å². The first kappa shape index (κ1) is 35.8. The molecule has 11 nitrogen and oxygen atoms in total. The lowest BCUT2D eigenvalue weighted by Crippen LogP contribution is -2.69. The Morgan fingerprint density at radius 2 is 1.85 bits per heavy atom. The Bertz CT molecular complexity index is 1480. The third-order valence-electron chi connectivity index (χ3n) is 12.8. The van der Waals surface area contributed by atoms with E-state index in [0.717, 1.165) is 25.7 Å². The van der Waals surface area contributed by atoms with Gasteiger partial charge in [-0.1, -0.05) is 50.8 Å². The summed E-state index contributed by atoms with van der Waals surface area (Å²) in [7, 11) is -4.50. The Labute approximate surface area is 281 Å².